The zero-order chi connectivity index (χ0) is 9.31. The van der Waals surface area contributed by atoms with Crippen LogP contribution in [0.15, 0.2) is 11.8 Å². The molecule has 0 bridgehead atoms. The van der Waals surface area contributed by atoms with Crippen LogP contribution in [0.5, 0.6) is 0 Å². The molecule has 2 aliphatic rings. The molecular formula is C10H16FNO. The number of ether oxygens (including phenoxy) is 1. The Kier molecular flexibility index (Phi) is 2.28. The van der Waals surface area contributed by atoms with Gasteiger partial charge >= 0.3 is 0 Å². The lowest BCUT2D eigenvalue weighted by Crippen LogP contribution is -2.33. The SMILES string of the molecule is CC(F)(C1=CCCO1)C1CCNC1. The molecule has 2 unspecified atom stereocenters. The largest absolute Gasteiger partial charge is 0.495 e. The van der Waals surface area contributed by atoms with Gasteiger partial charge in [0.2, 0.25) is 0 Å². The van der Waals surface area contributed by atoms with E-state index < -0.39 is 5.67 Å². The van der Waals surface area contributed by atoms with E-state index in [4.69, 9.17) is 4.74 Å². The molecule has 13 heavy (non-hydrogen) atoms. The van der Waals surface area contributed by atoms with Gasteiger partial charge in [0, 0.05) is 18.9 Å². The Bertz CT molecular complexity index is 219. The molecule has 0 radical (unpaired) electrons. The quantitative estimate of drug-likeness (QED) is 0.706. The summed E-state index contributed by atoms with van der Waals surface area (Å²) in [6, 6.07) is 0. The van der Waals surface area contributed by atoms with Crippen LogP contribution in [0.25, 0.3) is 0 Å². The van der Waals surface area contributed by atoms with Crippen LogP contribution in [-0.4, -0.2) is 25.4 Å². The van der Waals surface area contributed by atoms with Crippen molar-refractivity contribution >= 4 is 0 Å². The molecule has 2 nitrogen and oxygen atoms in total. The third-order valence-electron chi connectivity index (χ3n) is 3.01. The van der Waals surface area contributed by atoms with Gasteiger partial charge in [-0.15, -0.1) is 0 Å². The van der Waals surface area contributed by atoms with E-state index in [1.54, 1.807) is 6.92 Å². The normalized spacial score (nSPS) is 32.5. The van der Waals surface area contributed by atoms with Crippen molar-refractivity contribution in [3.05, 3.63) is 11.8 Å². The Balaban J connectivity index is 2.08. The highest BCUT2D eigenvalue weighted by molar-refractivity contribution is 5.15. The van der Waals surface area contributed by atoms with E-state index in [9.17, 15) is 4.39 Å². The molecule has 3 heteroatoms. The first kappa shape index (κ1) is 9.00. The first-order valence-corrected chi connectivity index (χ1v) is 4.94. The van der Waals surface area contributed by atoms with Crippen LogP contribution in [0.3, 0.4) is 0 Å². The van der Waals surface area contributed by atoms with Crippen LogP contribution in [0.4, 0.5) is 4.39 Å². The Morgan fingerprint density at radius 2 is 2.54 bits per heavy atom. The van der Waals surface area contributed by atoms with Gasteiger partial charge in [0.15, 0.2) is 5.67 Å². The number of allylic oxidation sites excluding steroid dienone is 1. The second-order valence-electron chi connectivity index (χ2n) is 3.97. The lowest BCUT2D eigenvalue weighted by molar-refractivity contribution is 0.0717. The summed E-state index contributed by atoms with van der Waals surface area (Å²) in [6.45, 7) is 3.99. The minimum atomic E-state index is -1.26. The van der Waals surface area contributed by atoms with Crippen molar-refractivity contribution in [1.29, 1.82) is 0 Å². The first-order valence-electron chi connectivity index (χ1n) is 4.94. The average Bonchev–Trinajstić information content (AvgIpc) is 2.78. The fourth-order valence-corrected chi connectivity index (χ4v) is 2.08. The van der Waals surface area contributed by atoms with Crippen LogP contribution >= 0.6 is 0 Å². The highest BCUT2D eigenvalue weighted by atomic mass is 19.1. The van der Waals surface area contributed by atoms with E-state index in [0.717, 1.165) is 25.9 Å². The van der Waals surface area contributed by atoms with E-state index >= 15 is 0 Å². The fraction of sp³-hybridized carbons (Fsp3) is 0.800. The van der Waals surface area contributed by atoms with E-state index in [0.29, 0.717) is 12.4 Å². The zero-order valence-corrected chi connectivity index (χ0v) is 7.98. The van der Waals surface area contributed by atoms with Crippen LogP contribution in [0.1, 0.15) is 19.8 Å². The Labute approximate surface area is 78.2 Å². The van der Waals surface area contributed by atoms with Crippen molar-refractivity contribution in [2.45, 2.75) is 25.4 Å². The highest BCUT2D eigenvalue weighted by Gasteiger charge is 2.41. The molecule has 2 heterocycles. The molecule has 1 fully saturated rings. The van der Waals surface area contributed by atoms with Crippen molar-refractivity contribution in [3.63, 3.8) is 0 Å². The second-order valence-corrected chi connectivity index (χ2v) is 3.97. The predicted molar refractivity (Wildman–Crippen MR) is 49.1 cm³/mol. The molecule has 1 N–H and O–H groups in total. The van der Waals surface area contributed by atoms with Crippen molar-refractivity contribution in [2.24, 2.45) is 5.92 Å². The summed E-state index contributed by atoms with van der Waals surface area (Å²) in [4.78, 5) is 0. The van der Waals surface area contributed by atoms with E-state index in [2.05, 4.69) is 5.32 Å². The maximum absolute atomic E-state index is 14.3. The zero-order valence-electron chi connectivity index (χ0n) is 7.98. The number of hydrogen-bond donors (Lipinski definition) is 1. The van der Waals surface area contributed by atoms with Gasteiger partial charge in [-0.3, -0.25) is 0 Å². The molecule has 0 aliphatic carbocycles. The first-order chi connectivity index (χ1) is 6.21. The minimum absolute atomic E-state index is 0.0804. The maximum Gasteiger partial charge on any atom is 0.168 e. The van der Waals surface area contributed by atoms with Crippen molar-refractivity contribution in [1.82, 2.24) is 5.32 Å². The molecule has 1 saturated heterocycles. The Morgan fingerprint density at radius 1 is 1.69 bits per heavy atom. The Morgan fingerprint density at radius 3 is 3.08 bits per heavy atom. The fourth-order valence-electron chi connectivity index (χ4n) is 2.08. The monoisotopic (exact) mass is 185 g/mol. The summed E-state index contributed by atoms with van der Waals surface area (Å²) >= 11 is 0. The van der Waals surface area contributed by atoms with Crippen molar-refractivity contribution < 1.29 is 9.13 Å². The third kappa shape index (κ3) is 1.57. The lowest BCUT2D eigenvalue weighted by Gasteiger charge is -2.27. The van der Waals surface area contributed by atoms with Gasteiger partial charge in [-0.05, 0) is 26.0 Å². The van der Waals surface area contributed by atoms with Gasteiger partial charge in [0.05, 0.1) is 6.61 Å². The third-order valence-corrected chi connectivity index (χ3v) is 3.01. The topological polar surface area (TPSA) is 21.3 Å². The molecular weight excluding hydrogens is 169 g/mol. The molecule has 2 rings (SSSR count). The summed E-state index contributed by atoms with van der Waals surface area (Å²) < 4.78 is 19.6. The van der Waals surface area contributed by atoms with Gasteiger partial charge in [-0.25, -0.2) is 4.39 Å². The molecule has 0 spiro atoms. The molecule has 0 aromatic heterocycles. The molecule has 0 aromatic rings. The second kappa shape index (κ2) is 3.29. The van der Waals surface area contributed by atoms with Gasteiger partial charge < -0.3 is 10.1 Å². The van der Waals surface area contributed by atoms with Crippen molar-refractivity contribution in [2.75, 3.05) is 19.7 Å². The number of hydrogen-bond acceptors (Lipinski definition) is 2. The summed E-state index contributed by atoms with van der Waals surface area (Å²) in [6.07, 6.45) is 3.65. The molecule has 2 atom stereocenters. The summed E-state index contributed by atoms with van der Waals surface area (Å²) in [5.41, 5.74) is -1.26. The molecule has 0 saturated carbocycles. The highest BCUT2D eigenvalue weighted by Crippen LogP contribution is 2.36. The van der Waals surface area contributed by atoms with E-state index in [-0.39, 0.29) is 5.92 Å². The molecule has 0 aromatic carbocycles. The minimum Gasteiger partial charge on any atom is -0.495 e. The van der Waals surface area contributed by atoms with Crippen LogP contribution in [0, 0.1) is 5.92 Å². The number of nitrogens with one attached hydrogen (secondary N) is 1. The van der Waals surface area contributed by atoms with Gasteiger partial charge in [-0.1, -0.05) is 0 Å². The number of rotatable bonds is 2. The number of halogens is 1. The lowest BCUT2D eigenvalue weighted by atomic mass is 9.88. The van der Waals surface area contributed by atoms with Gasteiger partial charge in [0.25, 0.3) is 0 Å². The van der Waals surface area contributed by atoms with Crippen LogP contribution < -0.4 is 5.32 Å². The summed E-state index contributed by atoms with van der Waals surface area (Å²) in [7, 11) is 0. The van der Waals surface area contributed by atoms with E-state index in [1.165, 1.54) is 0 Å². The van der Waals surface area contributed by atoms with Crippen LogP contribution in [0.2, 0.25) is 0 Å². The maximum atomic E-state index is 14.3. The van der Waals surface area contributed by atoms with Gasteiger partial charge in [0.1, 0.15) is 5.76 Å². The van der Waals surface area contributed by atoms with Crippen LogP contribution in [-0.2, 0) is 4.74 Å². The molecule has 2 aliphatic heterocycles. The average molecular weight is 185 g/mol. The number of alkyl halides is 1. The standard InChI is InChI=1S/C10H16FNO/c1-10(11,8-4-5-12-7-8)9-3-2-6-13-9/h3,8,12H,2,4-7H2,1H3. The smallest absolute Gasteiger partial charge is 0.168 e. The summed E-state index contributed by atoms with van der Waals surface area (Å²) in [5.74, 6) is 0.637. The molecule has 74 valence electrons. The predicted octanol–water partition coefficient (Wildman–Crippen LogP) is 1.63. The molecule has 0 amide bonds. The summed E-state index contributed by atoms with van der Waals surface area (Å²) in [5, 5.41) is 3.18. The van der Waals surface area contributed by atoms with Crippen molar-refractivity contribution in [3.8, 4) is 0 Å². The van der Waals surface area contributed by atoms with E-state index in [1.807, 2.05) is 6.08 Å². The Hall–Kier alpha value is -0.570. The van der Waals surface area contributed by atoms with Gasteiger partial charge in [-0.2, -0.15) is 0 Å².